The van der Waals surface area contributed by atoms with Crippen LogP contribution < -0.4 is 10.9 Å². The van der Waals surface area contributed by atoms with E-state index in [1.807, 2.05) is 6.92 Å². The maximum atomic E-state index is 13.0. The van der Waals surface area contributed by atoms with E-state index in [1.54, 1.807) is 22.8 Å². The summed E-state index contributed by atoms with van der Waals surface area (Å²) in [6.45, 7) is 6.64. The number of esters is 1. The third-order valence-corrected chi connectivity index (χ3v) is 5.51. The molecule has 1 N–H and O–H groups in total. The number of fused-ring (bicyclic) bond motifs is 1. The Morgan fingerprint density at radius 2 is 2.03 bits per heavy atom. The SMILES string of the molecule is CCCCn1c(SCC(=O)N[C@H](C)CCC)nc2cc(C(=O)OC)ccc2c1=O. The minimum absolute atomic E-state index is 0.0874. The summed E-state index contributed by atoms with van der Waals surface area (Å²) in [7, 11) is 1.31. The van der Waals surface area contributed by atoms with E-state index in [2.05, 4.69) is 24.1 Å². The van der Waals surface area contributed by atoms with Crippen LogP contribution in [0.4, 0.5) is 0 Å². The minimum atomic E-state index is -0.484. The number of aromatic nitrogens is 2. The molecular weight excluding hydrogens is 390 g/mol. The van der Waals surface area contributed by atoms with Gasteiger partial charge in [0.2, 0.25) is 5.91 Å². The number of rotatable bonds is 10. The number of ether oxygens (including phenoxy) is 1. The molecule has 1 amide bonds. The maximum Gasteiger partial charge on any atom is 0.337 e. The van der Waals surface area contributed by atoms with E-state index in [-0.39, 0.29) is 23.3 Å². The molecule has 29 heavy (non-hydrogen) atoms. The van der Waals surface area contributed by atoms with E-state index in [4.69, 9.17) is 4.74 Å². The highest BCUT2D eigenvalue weighted by atomic mass is 32.2. The van der Waals surface area contributed by atoms with Gasteiger partial charge in [-0.1, -0.05) is 38.5 Å². The van der Waals surface area contributed by atoms with Gasteiger partial charge in [-0.15, -0.1) is 0 Å². The Morgan fingerprint density at radius 1 is 1.28 bits per heavy atom. The highest BCUT2D eigenvalue weighted by Crippen LogP contribution is 2.20. The molecule has 0 aliphatic carbocycles. The van der Waals surface area contributed by atoms with Crippen molar-refractivity contribution in [2.75, 3.05) is 12.9 Å². The van der Waals surface area contributed by atoms with Gasteiger partial charge in [-0.3, -0.25) is 14.2 Å². The van der Waals surface area contributed by atoms with E-state index >= 15 is 0 Å². The van der Waals surface area contributed by atoms with Crippen LogP contribution in [0, 0.1) is 0 Å². The maximum absolute atomic E-state index is 13.0. The second-order valence-corrected chi connectivity index (χ2v) is 7.92. The standard InChI is InChI=1S/C21H29N3O4S/c1-5-7-11-24-19(26)16-10-9-15(20(27)28-4)12-17(16)23-21(24)29-13-18(25)22-14(3)8-6-2/h9-10,12,14H,5-8,11,13H2,1-4H3,(H,22,25)/t14-/m1/s1. The Kier molecular flexibility index (Phi) is 8.70. The van der Waals surface area contributed by atoms with E-state index in [1.165, 1.54) is 18.9 Å². The number of benzene rings is 1. The number of amides is 1. The summed E-state index contributed by atoms with van der Waals surface area (Å²) in [5.74, 6) is -0.396. The van der Waals surface area contributed by atoms with Gasteiger partial charge in [-0.25, -0.2) is 9.78 Å². The Bertz CT molecular complexity index is 926. The fraction of sp³-hybridized carbons (Fsp3) is 0.524. The van der Waals surface area contributed by atoms with E-state index in [0.717, 1.165) is 25.7 Å². The Hall–Kier alpha value is -2.35. The summed E-state index contributed by atoms with van der Waals surface area (Å²) in [5.41, 5.74) is 0.593. The Labute approximate surface area is 175 Å². The van der Waals surface area contributed by atoms with E-state index in [9.17, 15) is 14.4 Å². The summed E-state index contributed by atoms with van der Waals surface area (Å²) >= 11 is 1.24. The van der Waals surface area contributed by atoms with Gasteiger partial charge in [0.25, 0.3) is 5.56 Å². The normalized spacial score (nSPS) is 12.0. The number of hydrogen-bond acceptors (Lipinski definition) is 6. The fourth-order valence-corrected chi connectivity index (χ4v) is 3.86. The number of thioether (sulfide) groups is 1. The molecule has 1 aromatic heterocycles. The molecule has 1 heterocycles. The topological polar surface area (TPSA) is 90.3 Å². The first kappa shape index (κ1) is 22.9. The Balaban J connectivity index is 2.35. The van der Waals surface area contributed by atoms with Crippen molar-refractivity contribution in [1.29, 1.82) is 0 Å². The van der Waals surface area contributed by atoms with Gasteiger partial charge < -0.3 is 10.1 Å². The first-order chi connectivity index (χ1) is 13.9. The van der Waals surface area contributed by atoms with Crippen molar-refractivity contribution in [3.63, 3.8) is 0 Å². The molecule has 0 unspecified atom stereocenters. The van der Waals surface area contributed by atoms with Crippen molar-refractivity contribution in [2.45, 2.75) is 64.2 Å². The molecule has 0 spiro atoms. The first-order valence-electron chi connectivity index (χ1n) is 9.96. The first-order valence-corrected chi connectivity index (χ1v) is 10.9. The van der Waals surface area contributed by atoms with Crippen LogP contribution in [0.5, 0.6) is 0 Å². The average molecular weight is 420 g/mol. The highest BCUT2D eigenvalue weighted by Gasteiger charge is 2.16. The van der Waals surface area contributed by atoms with Gasteiger partial charge in [0.1, 0.15) is 0 Å². The summed E-state index contributed by atoms with van der Waals surface area (Å²) < 4.78 is 6.37. The van der Waals surface area contributed by atoms with Crippen molar-refractivity contribution < 1.29 is 14.3 Å². The molecule has 0 radical (unpaired) electrons. The molecule has 2 aromatic rings. The van der Waals surface area contributed by atoms with Gasteiger partial charge in [0, 0.05) is 12.6 Å². The third kappa shape index (κ3) is 6.06. The van der Waals surface area contributed by atoms with Crippen LogP contribution in [-0.4, -0.2) is 40.3 Å². The van der Waals surface area contributed by atoms with Crippen LogP contribution in [0.25, 0.3) is 10.9 Å². The van der Waals surface area contributed by atoms with Crippen molar-refractivity contribution in [3.8, 4) is 0 Å². The lowest BCUT2D eigenvalue weighted by molar-refractivity contribution is -0.119. The lowest BCUT2D eigenvalue weighted by atomic mass is 10.1. The van der Waals surface area contributed by atoms with Crippen LogP contribution in [-0.2, 0) is 16.1 Å². The molecule has 0 saturated carbocycles. The van der Waals surface area contributed by atoms with Crippen LogP contribution >= 0.6 is 11.8 Å². The van der Waals surface area contributed by atoms with Gasteiger partial charge in [0.05, 0.1) is 29.3 Å². The molecule has 1 aromatic carbocycles. The number of nitrogens with zero attached hydrogens (tertiary/aromatic N) is 2. The molecule has 0 aliphatic heterocycles. The van der Waals surface area contributed by atoms with Crippen LogP contribution in [0.15, 0.2) is 28.2 Å². The smallest absolute Gasteiger partial charge is 0.337 e. The molecule has 0 aliphatic rings. The fourth-order valence-electron chi connectivity index (χ4n) is 3.02. The third-order valence-electron chi connectivity index (χ3n) is 4.54. The number of carbonyl (C=O) groups is 2. The molecule has 2 rings (SSSR count). The number of unbranched alkanes of at least 4 members (excludes halogenated alkanes) is 1. The highest BCUT2D eigenvalue weighted by molar-refractivity contribution is 7.99. The zero-order valence-electron chi connectivity index (χ0n) is 17.5. The molecule has 8 heteroatoms. The summed E-state index contributed by atoms with van der Waals surface area (Å²) in [6.07, 6.45) is 3.69. The van der Waals surface area contributed by atoms with Crippen molar-refractivity contribution in [1.82, 2.24) is 14.9 Å². The average Bonchev–Trinajstić information content (AvgIpc) is 2.70. The van der Waals surface area contributed by atoms with Gasteiger partial charge >= 0.3 is 5.97 Å². The molecule has 0 saturated heterocycles. The predicted molar refractivity (Wildman–Crippen MR) is 115 cm³/mol. The Morgan fingerprint density at radius 3 is 2.69 bits per heavy atom. The van der Waals surface area contributed by atoms with Crippen molar-refractivity contribution in [2.24, 2.45) is 0 Å². The molecule has 0 fully saturated rings. The number of hydrogen-bond donors (Lipinski definition) is 1. The number of methoxy groups -OCH3 is 1. The van der Waals surface area contributed by atoms with Gasteiger partial charge in [-0.2, -0.15) is 0 Å². The summed E-state index contributed by atoms with van der Waals surface area (Å²) in [4.78, 5) is 41.7. The monoisotopic (exact) mass is 419 g/mol. The molecular formula is C21H29N3O4S. The van der Waals surface area contributed by atoms with E-state index in [0.29, 0.717) is 28.2 Å². The molecule has 158 valence electrons. The second kappa shape index (κ2) is 11.0. The van der Waals surface area contributed by atoms with Crippen molar-refractivity contribution in [3.05, 3.63) is 34.1 Å². The van der Waals surface area contributed by atoms with E-state index < -0.39 is 5.97 Å². The summed E-state index contributed by atoms with van der Waals surface area (Å²) in [5, 5.41) is 3.89. The lowest BCUT2D eigenvalue weighted by Crippen LogP contribution is -2.34. The largest absolute Gasteiger partial charge is 0.465 e. The zero-order valence-corrected chi connectivity index (χ0v) is 18.3. The van der Waals surface area contributed by atoms with Crippen LogP contribution in [0.3, 0.4) is 0 Å². The molecule has 1 atom stereocenters. The predicted octanol–water partition coefficient (Wildman–Crippen LogP) is 3.38. The minimum Gasteiger partial charge on any atom is -0.465 e. The summed E-state index contributed by atoms with van der Waals surface area (Å²) in [6, 6.07) is 4.84. The van der Waals surface area contributed by atoms with Crippen LogP contribution in [0.1, 0.15) is 56.8 Å². The van der Waals surface area contributed by atoms with Gasteiger partial charge in [-0.05, 0) is 38.0 Å². The zero-order chi connectivity index (χ0) is 21.4. The molecule has 7 nitrogen and oxygen atoms in total. The number of nitrogens with one attached hydrogen (secondary N) is 1. The van der Waals surface area contributed by atoms with Crippen molar-refractivity contribution >= 4 is 34.5 Å². The molecule has 0 bridgehead atoms. The number of carbonyl (C=O) groups excluding carboxylic acids is 2. The second-order valence-electron chi connectivity index (χ2n) is 6.97. The van der Waals surface area contributed by atoms with Gasteiger partial charge in [0.15, 0.2) is 5.16 Å². The van der Waals surface area contributed by atoms with Crippen LogP contribution in [0.2, 0.25) is 0 Å². The quantitative estimate of drug-likeness (QED) is 0.361. The lowest BCUT2D eigenvalue weighted by Gasteiger charge is -2.15.